The molecule has 10 heteroatoms. The quantitative estimate of drug-likeness (QED) is 0.440. The predicted molar refractivity (Wildman–Crippen MR) is 51.5 cm³/mol. The highest BCUT2D eigenvalue weighted by atomic mass is 35.7. The minimum absolute atomic E-state index is 0.00940. The molecule has 1 aromatic rings. The summed E-state index contributed by atoms with van der Waals surface area (Å²) in [5.41, 5.74) is 0. The van der Waals surface area contributed by atoms with Gasteiger partial charge in [0.25, 0.3) is 18.1 Å². The first-order valence-corrected chi connectivity index (χ1v) is 7.86. The lowest BCUT2D eigenvalue weighted by Crippen LogP contribution is -2.27. The number of nitrogens with zero attached hydrogens (tertiary/aromatic N) is 1. The Hall–Kier alpha value is -0.570. The standard InChI is InChI=1S/C5H3Cl2NO5S2/c6-14(10,11)4-1-5(15(7,12)13)3-8(9)2-4/h1-3H. The van der Waals surface area contributed by atoms with E-state index in [0.29, 0.717) is 18.5 Å². The zero-order chi connectivity index (χ0) is 11.9. The van der Waals surface area contributed by atoms with Crippen LogP contribution in [0.3, 0.4) is 0 Å². The number of pyridine rings is 1. The van der Waals surface area contributed by atoms with Crippen LogP contribution < -0.4 is 4.73 Å². The van der Waals surface area contributed by atoms with E-state index in [0.717, 1.165) is 0 Å². The van der Waals surface area contributed by atoms with Crippen molar-refractivity contribution in [2.45, 2.75) is 9.79 Å². The molecule has 0 radical (unpaired) electrons. The third kappa shape index (κ3) is 3.20. The first-order chi connectivity index (χ1) is 6.60. The molecule has 0 saturated carbocycles. The molecule has 0 N–H and O–H groups in total. The lowest BCUT2D eigenvalue weighted by molar-refractivity contribution is -0.609. The zero-order valence-electron chi connectivity index (χ0n) is 6.79. The van der Waals surface area contributed by atoms with Gasteiger partial charge in [-0.05, 0) is 6.07 Å². The van der Waals surface area contributed by atoms with Gasteiger partial charge in [0, 0.05) is 21.4 Å². The summed E-state index contributed by atoms with van der Waals surface area (Å²) < 4.78 is 43.3. The van der Waals surface area contributed by atoms with Crippen molar-refractivity contribution in [2.24, 2.45) is 0 Å². The lowest BCUT2D eigenvalue weighted by atomic mass is 10.5. The fourth-order valence-corrected chi connectivity index (χ4v) is 2.35. The van der Waals surface area contributed by atoms with Crippen molar-refractivity contribution in [3.05, 3.63) is 23.7 Å². The number of halogens is 2. The van der Waals surface area contributed by atoms with Gasteiger partial charge in [-0.3, -0.25) is 0 Å². The monoisotopic (exact) mass is 291 g/mol. The molecule has 6 nitrogen and oxygen atoms in total. The van der Waals surface area contributed by atoms with Crippen molar-refractivity contribution in [1.82, 2.24) is 0 Å². The SMILES string of the molecule is O=S(=O)(Cl)c1cc(S(=O)(=O)Cl)c[n+]([O-])c1. The zero-order valence-corrected chi connectivity index (χ0v) is 9.94. The van der Waals surface area contributed by atoms with E-state index in [1.165, 1.54) is 0 Å². The van der Waals surface area contributed by atoms with Crippen LogP contribution in [-0.4, -0.2) is 16.8 Å². The molecule has 0 spiro atoms. The molecule has 0 aliphatic rings. The molecule has 84 valence electrons. The second-order valence-electron chi connectivity index (χ2n) is 2.44. The topological polar surface area (TPSA) is 95.2 Å². The molecule has 0 aromatic carbocycles. The van der Waals surface area contributed by atoms with Crippen LogP contribution in [0, 0.1) is 5.21 Å². The Morgan fingerprint density at radius 2 is 1.33 bits per heavy atom. The average molecular weight is 292 g/mol. The highest BCUT2D eigenvalue weighted by Gasteiger charge is 2.21. The third-order valence-electron chi connectivity index (χ3n) is 1.36. The average Bonchev–Trinajstić information content (AvgIpc) is 1.99. The molecule has 0 fully saturated rings. The van der Waals surface area contributed by atoms with Crippen molar-refractivity contribution in [1.29, 1.82) is 0 Å². The second-order valence-corrected chi connectivity index (χ2v) is 7.57. The Kier molecular flexibility index (Phi) is 3.15. The number of hydrogen-bond acceptors (Lipinski definition) is 5. The Morgan fingerprint density at radius 1 is 1.00 bits per heavy atom. The summed E-state index contributed by atoms with van der Waals surface area (Å²) in [6.07, 6.45) is 1.24. The maximum absolute atomic E-state index is 10.9. The van der Waals surface area contributed by atoms with E-state index in [2.05, 4.69) is 0 Å². The fourth-order valence-electron chi connectivity index (χ4n) is 0.770. The van der Waals surface area contributed by atoms with E-state index in [-0.39, 0.29) is 4.73 Å². The van der Waals surface area contributed by atoms with Gasteiger partial charge in [0.05, 0.1) is 0 Å². The van der Waals surface area contributed by atoms with Crippen LogP contribution in [0.1, 0.15) is 0 Å². The normalized spacial score (nSPS) is 12.7. The molecular weight excluding hydrogens is 289 g/mol. The van der Waals surface area contributed by atoms with E-state index in [9.17, 15) is 22.0 Å². The van der Waals surface area contributed by atoms with Crippen LogP contribution in [0.4, 0.5) is 0 Å². The van der Waals surface area contributed by atoms with E-state index < -0.39 is 27.9 Å². The van der Waals surface area contributed by atoms with Crippen molar-refractivity contribution in [3.8, 4) is 0 Å². The summed E-state index contributed by atoms with van der Waals surface area (Å²) in [4.78, 5) is -1.28. The molecule has 1 aromatic heterocycles. The summed E-state index contributed by atoms with van der Waals surface area (Å²) in [6.45, 7) is 0. The Morgan fingerprint density at radius 3 is 1.60 bits per heavy atom. The molecular formula is C5H3Cl2NO5S2. The highest BCUT2D eigenvalue weighted by Crippen LogP contribution is 2.19. The van der Waals surface area contributed by atoms with Gasteiger partial charge >= 0.3 is 0 Å². The van der Waals surface area contributed by atoms with Crippen LogP contribution in [0.25, 0.3) is 0 Å². The fraction of sp³-hybridized carbons (Fsp3) is 0. The Balaban J connectivity index is 3.57. The van der Waals surface area contributed by atoms with Crippen molar-refractivity contribution in [2.75, 3.05) is 0 Å². The predicted octanol–water partition coefficient (Wildman–Crippen LogP) is 0.175. The first kappa shape index (κ1) is 12.5. The number of hydrogen-bond donors (Lipinski definition) is 0. The van der Waals surface area contributed by atoms with Crippen LogP contribution in [0.2, 0.25) is 0 Å². The van der Waals surface area contributed by atoms with Gasteiger partial charge in [0.15, 0.2) is 12.4 Å². The molecule has 0 aliphatic carbocycles. The Bertz CT molecular complexity index is 544. The van der Waals surface area contributed by atoms with Crippen LogP contribution in [0.15, 0.2) is 28.3 Å². The molecule has 0 aliphatic heterocycles. The van der Waals surface area contributed by atoms with Gasteiger partial charge in [-0.15, -0.1) is 0 Å². The summed E-state index contributed by atoms with van der Waals surface area (Å²) >= 11 is 0. The minimum atomic E-state index is -4.18. The van der Waals surface area contributed by atoms with Crippen LogP contribution >= 0.6 is 21.4 Å². The lowest BCUT2D eigenvalue weighted by Gasteiger charge is -2.00. The van der Waals surface area contributed by atoms with E-state index in [4.69, 9.17) is 21.4 Å². The van der Waals surface area contributed by atoms with Crippen LogP contribution in [0.5, 0.6) is 0 Å². The van der Waals surface area contributed by atoms with Crippen molar-refractivity contribution >= 4 is 39.5 Å². The summed E-state index contributed by atoms with van der Waals surface area (Å²) in [7, 11) is 1.51. The minimum Gasteiger partial charge on any atom is -0.619 e. The number of rotatable bonds is 2. The molecule has 0 atom stereocenters. The molecule has 1 rings (SSSR count). The van der Waals surface area contributed by atoms with Crippen molar-refractivity contribution in [3.63, 3.8) is 0 Å². The van der Waals surface area contributed by atoms with E-state index in [1.54, 1.807) is 0 Å². The second kappa shape index (κ2) is 3.78. The van der Waals surface area contributed by atoms with Crippen molar-refractivity contribution < 1.29 is 21.6 Å². The molecule has 15 heavy (non-hydrogen) atoms. The van der Waals surface area contributed by atoms with Gasteiger partial charge in [0.1, 0.15) is 9.79 Å². The highest BCUT2D eigenvalue weighted by molar-refractivity contribution is 8.14. The summed E-state index contributed by atoms with van der Waals surface area (Å²) in [6, 6.07) is 0.694. The largest absolute Gasteiger partial charge is 0.619 e. The molecule has 0 bridgehead atoms. The maximum Gasteiger partial charge on any atom is 0.267 e. The van der Waals surface area contributed by atoms with E-state index >= 15 is 0 Å². The van der Waals surface area contributed by atoms with Gasteiger partial charge in [0.2, 0.25) is 0 Å². The van der Waals surface area contributed by atoms with Crippen LogP contribution in [-0.2, 0) is 18.1 Å². The summed E-state index contributed by atoms with van der Waals surface area (Å²) in [5.74, 6) is 0. The number of aromatic nitrogens is 1. The molecule has 0 saturated heterocycles. The molecule has 0 amide bonds. The smallest absolute Gasteiger partial charge is 0.267 e. The first-order valence-electron chi connectivity index (χ1n) is 3.24. The van der Waals surface area contributed by atoms with E-state index in [1.807, 2.05) is 0 Å². The van der Waals surface area contributed by atoms with Gasteiger partial charge in [-0.2, -0.15) is 4.73 Å². The Labute approximate surface area is 94.5 Å². The van der Waals surface area contributed by atoms with Gasteiger partial charge in [-0.25, -0.2) is 16.8 Å². The van der Waals surface area contributed by atoms with Gasteiger partial charge in [-0.1, -0.05) is 0 Å². The molecule has 0 unspecified atom stereocenters. The summed E-state index contributed by atoms with van der Waals surface area (Å²) in [5, 5.41) is 10.9. The maximum atomic E-state index is 10.9. The third-order valence-corrected chi connectivity index (χ3v) is 4.00. The van der Waals surface area contributed by atoms with Gasteiger partial charge < -0.3 is 5.21 Å². The molecule has 1 heterocycles.